The van der Waals surface area contributed by atoms with Crippen molar-refractivity contribution in [2.45, 2.75) is 52.0 Å². The second-order valence-corrected chi connectivity index (χ2v) is 10.8. The van der Waals surface area contributed by atoms with Crippen LogP contribution in [0.1, 0.15) is 65.8 Å². The number of ether oxygens (including phenoxy) is 1. The van der Waals surface area contributed by atoms with Crippen LogP contribution < -0.4 is 10.1 Å². The number of hydrogen-bond acceptors (Lipinski definition) is 6. The quantitative estimate of drug-likeness (QED) is 0.401. The highest BCUT2D eigenvalue weighted by Gasteiger charge is 2.28. The van der Waals surface area contributed by atoms with E-state index in [4.69, 9.17) is 4.74 Å². The Kier molecular flexibility index (Phi) is 8.39. The Bertz CT molecular complexity index is 1260. The molecular weight excluding hydrogens is 496 g/mol. The van der Waals surface area contributed by atoms with Gasteiger partial charge in [-0.25, -0.2) is 4.98 Å². The number of likely N-dealkylation sites (tertiary alicyclic amines) is 2. The maximum atomic E-state index is 13.1. The van der Waals surface area contributed by atoms with Crippen molar-refractivity contribution >= 4 is 28.3 Å². The molecule has 2 aliphatic heterocycles. The lowest BCUT2D eigenvalue weighted by molar-refractivity contribution is 0.0644. The van der Waals surface area contributed by atoms with Gasteiger partial charge in [0.15, 0.2) is 5.13 Å². The first-order valence-corrected chi connectivity index (χ1v) is 14.6. The normalized spacial score (nSPS) is 16.5. The van der Waals surface area contributed by atoms with Gasteiger partial charge in [0.25, 0.3) is 11.8 Å². The number of thiazole rings is 1. The van der Waals surface area contributed by atoms with Crippen molar-refractivity contribution in [3.8, 4) is 17.0 Å². The maximum Gasteiger partial charge on any atom is 0.257 e. The van der Waals surface area contributed by atoms with E-state index in [-0.39, 0.29) is 11.8 Å². The number of carbonyl (C=O) groups excluding carboxylic acids is 2. The Morgan fingerprint density at radius 3 is 2.39 bits per heavy atom. The molecule has 2 saturated heterocycles. The fourth-order valence-corrected chi connectivity index (χ4v) is 6.10. The van der Waals surface area contributed by atoms with Gasteiger partial charge >= 0.3 is 0 Å². The molecule has 0 radical (unpaired) electrons. The van der Waals surface area contributed by atoms with Gasteiger partial charge in [-0.15, -0.1) is 11.3 Å². The van der Waals surface area contributed by atoms with Crippen LogP contribution in [0.5, 0.6) is 5.75 Å². The summed E-state index contributed by atoms with van der Waals surface area (Å²) in [6.07, 6.45) is 5.59. The number of anilines is 1. The van der Waals surface area contributed by atoms with Crippen molar-refractivity contribution in [2.75, 3.05) is 38.1 Å². The number of benzene rings is 2. The third kappa shape index (κ3) is 5.92. The van der Waals surface area contributed by atoms with E-state index in [1.54, 1.807) is 24.3 Å². The fourth-order valence-electron chi connectivity index (χ4n) is 5.39. The number of nitrogens with one attached hydrogen (secondary N) is 1. The van der Waals surface area contributed by atoms with Crippen LogP contribution in [-0.2, 0) is 6.42 Å². The van der Waals surface area contributed by atoms with E-state index in [0.717, 1.165) is 49.4 Å². The van der Waals surface area contributed by atoms with Crippen LogP contribution in [0, 0.1) is 0 Å². The molecule has 3 heterocycles. The highest BCUT2D eigenvalue weighted by Crippen LogP contribution is 2.33. The van der Waals surface area contributed by atoms with E-state index in [1.807, 2.05) is 23.3 Å². The maximum absolute atomic E-state index is 13.1. The monoisotopic (exact) mass is 532 g/mol. The minimum absolute atomic E-state index is 0.0424. The SMILES string of the molecule is CCOc1ccc(CC)cc1-c1csc(NC(=O)c2ccc(C(=O)N3CCC(N4CCCC4)CC3)cc2)n1. The van der Waals surface area contributed by atoms with Crippen LogP contribution in [0.3, 0.4) is 0 Å². The fraction of sp³-hybridized carbons (Fsp3) is 0.433. The number of piperidine rings is 1. The number of amides is 2. The molecule has 0 bridgehead atoms. The van der Waals surface area contributed by atoms with E-state index in [9.17, 15) is 9.59 Å². The summed E-state index contributed by atoms with van der Waals surface area (Å²) < 4.78 is 5.80. The molecule has 38 heavy (non-hydrogen) atoms. The van der Waals surface area contributed by atoms with Crippen LogP contribution in [-0.4, -0.2) is 65.4 Å². The Labute approximate surface area is 228 Å². The van der Waals surface area contributed by atoms with Crippen molar-refractivity contribution in [3.05, 3.63) is 64.5 Å². The average Bonchev–Trinajstić information content (AvgIpc) is 3.66. The lowest BCUT2D eigenvalue weighted by Gasteiger charge is -2.36. The molecule has 8 heteroatoms. The van der Waals surface area contributed by atoms with E-state index >= 15 is 0 Å². The van der Waals surface area contributed by atoms with E-state index < -0.39 is 0 Å². The Balaban J connectivity index is 1.20. The minimum atomic E-state index is -0.247. The molecule has 2 aromatic carbocycles. The van der Waals surface area contributed by atoms with E-state index in [1.165, 1.54) is 42.8 Å². The molecule has 0 unspecified atom stereocenters. The molecule has 7 nitrogen and oxygen atoms in total. The number of aryl methyl sites for hydroxylation is 1. The van der Waals surface area contributed by atoms with Crippen molar-refractivity contribution in [3.63, 3.8) is 0 Å². The standard InChI is InChI=1S/C30H36N4O3S/c1-3-21-7-12-27(37-4-2)25(19-21)26-20-38-30(31-26)32-28(35)22-8-10-23(11-9-22)29(36)34-17-13-24(14-18-34)33-15-5-6-16-33/h7-12,19-20,24H,3-6,13-18H2,1-2H3,(H,31,32,35). The molecule has 0 spiro atoms. The molecule has 3 aromatic rings. The summed E-state index contributed by atoms with van der Waals surface area (Å²) in [5.41, 5.74) is 4.02. The summed E-state index contributed by atoms with van der Waals surface area (Å²) in [5, 5.41) is 5.36. The van der Waals surface area contributed by atoms with E-state index in [0.29, 0.717) is 28.9 Å². The van der Waals surface area contributed by atoms with Crippen molar-refractivity contribution in [1.29, 1.82) is 0 Å². The lowest BCUT2D eigenvalue weighted by Crippen LogP contribution is -2.45. The van der Waals surface area contributed by atoms with Gasteiger partial charge in [-0.05, 0) is 94.1 Å². The van der Waals surface area contributed by atoms with Gasteiger partial charge in [-0.1, -0.05) is 13.0 Å². The molecule has 1 N–H and O–H groups in total. The van der Waals surface area contributed by atoms with Crippen LogP contribution >= 0.6 is 11.3 Å². The van der Waals surface area contributed by atoms with Gasteiger partial charge in [-0.3, -0.25) is 14.9 Å². The molecule has 2 aliphatic rings. The Hall–Kier alpha value is -3.23. The molecule has 0 saturated carbocycles. The first-order chi connectivity index (χ1) is 18.6. The van der Waals surface area contributed by atoms with Gasteiger partial charge in [0.2, 0.25) is 0 Å². The second-order valence-electron chi connectivity index (χ2n) is 9.95. The highest BCUT2D eigenvalue weighted by atomic mass is 32.1. The predicted octanol–water partition coefficient (Wildman–Crippen LogP) is 5.72. The van der Waals surface area contributed by atoms with Crippen LogP contribution in [0.15, 0.2) is 47.8 Å². The molecule has 0 aliphatic carbocycles. The number of aromatic nitrogens is 1. The van der Waals surface area contributed by atoms with Gasteiger partial charge in [0.05, 0.1) is 12.3 Å². The van der Waals surface area contributed by atoms with Gasteiger partial charge in [0.1, 0.15) is 5.75 Å². The van der Waals surface area contributed by atoms with E-state index in [2.05, 4.69) is 34.3 Å². The predicted molar refractivity (Wildman–Crippen MR) is 152 cm³/mol. The number of carbonyl (C=O) groups is 2. The lowest BCUT2D eigenvalue weighted by atomic mass is 10.0. The first-order valence-electron chi connectivity index (χ1n) is 13.7. The zero-order valence-corrected chi connectivity index (χ0v) is 23.1. The van der Waals surface area contributed by atoms with Crippen LogP contribution in [0.25, 0.3) is 11.3 Å². The third-order valence-corrected chi connectivity index (χ3v) is 8.31. The first kappa shape index (κ1) is 26.4. The van der Waals surface area contributed by atoms with Crippen LogP contribution in [0.4, 0.5) is 5.13 Å². The zero-order chi connectivity index (χ0) is 26.5. The topological polar surface area (TPSA) is 74.8 Å². The summed E-state index contributed by atoms with van der Waals surface area (Å²) in [6, 6.07) is 13.7. The zero-order valence-electron chi connectivity index (χ0n) is 22.2. The van der Waals surface area contributed by atoms with Gasteiger partial charge in [0, 0.05) is 41.2 Å². The number of nitrogens with zero attached hydrogens (tertiary/aromatic N) is 3. The Morgan fingerprint density at radius 1 is 1.00 bits per heavy atom. The molecule has 5 rings (SSSR count). The minimum Gasteiger partial charge on any atom is -0.493 e. The number of hydrogen-bond donors (Lipinski definition) is 1. The molecule has 200 valence electrons. The summed E-state index contributed by atoms with van der Waals surface area (Å²) in [6.45, 7) is 8.63. The van der Waals surface area contributed by atoms with Crippen molar-refractivity contribution in [1.82, 2.24) is 14.8 Å². The third-order valence-electron chi connectivity index (χ3n) is 7.56. The van der Waals surface area contributed by atoms with Crippen LogP contribution in [0.2, 0.25) is 0 Å². The summed E-state index contributed by atoms with van der Waals surface area (Å²) >= 11 is 1.38. The summed E-state index contributed by atoms with van der Waals surface area (Å²) in [5.74, 6) is 0.581. The summed E-state index contributed by atoms with van der Waals surface area (Å²) in [4.78, 5) is 35.1. The second kappa shape index (κ2) is 12.1. The van der Waals surface area contributed by atoms with Gasteiger partial charge < -0.3 is 14.5 Å². The number of rotatable bonds is 8. The molecular formula is C30H36N4O3S. The summed E-state index contributed by atoms with van der Waals surface area (Å²) in [7, 11) is 0. The molecule has 0 atom stereocenters. The molecule has 1 aromatic heterocycles. The molecule has 2 amide bonds. The average molecular weight is 533 g/mol. The van der Waals surface area contributed by atoms with Crippen molar-refractivity contribution < 1.29 is 14.3 Å². The largest absolute Gasteiger partial charge is 0.493 e. The smallest absolute Gasteiger partial charge is 0.257 e. The van der Waals surface area contributed by atoms with Gasteiger partial charge in [-0.2, -0.15) is 0 Å². The highest BCUT2D eigenvalue weighted by molar-refractivity contribution is 7.14. The van der Waals surface area contributed by atoms with Crippen molar-refractivity contribution in [2.24, 2.45) is 0 Å². The Morgan fingerprint density at radius 2 is 1.71 bits per heavy atom. The molecule has 2 fully saturated rings.